The van der Waals surface area contributed by atoms with Crippen LogP contribution in [-0.2, 0) is 0 Å². The third-order valence-corrected chi connectivity index (χ3v) is 3.30. The number of nitrogens with zero attached hydrogens (tertiary/aromatic N) is 3. The number of hydrogen-bond donors (Lipinski definition) is 0. The van der Waals surface area contributed by atoms with E-state index in [0.29, 0.717) is 0 Å². The van der Waals surface area contributed by atoms with Crippen molar-refractivity contribution in [1.82, 2.24) is 14.4 Å². The highest BCUT2D eigenvalue weighted by molar-refractivity contribution is 7.15. The summed E-state index contributed by atoms with van der Waals surface area (Å²) in [6, 6.07) is 3.95. The van der Waals surface area contributed by atoms with Crippen LogP contribution in [0.3, 0.4) is 0 Å². The summed E-state index contributed by atoms with van der Waals surface area (Å²) in [4.78, 5) is 9.67. The lowest BCUT2D eigenvalue weighted by molar-refractivity contribution is 1.13. The van der Waals surface area contributed by atoms with Gasteiger partial charge in [0.15, 0.2) is 4.96 Å². The second-order valence-electron chi connectivity index (χ2n) is 3.40. The predicted molar refractivity (Wildman–Crippen MR) is 61.0 cm³/mol. The fraction of sp³-hybridized carbons (Fsp3) is 0.0909. The minimum atomic E-state index is 0.984. The smallest absolute Gasteiger partial charge is 0.194 e. The average Bonchev–Trinajstić information content (AvgIpc) is 2.83. The molecule has 0 amide bonds. The average molecular weight is 215 g/mol. The highest BCUT2D eigenvalue weighted by atomic mass is 32.1. The minimum Gasteiger partial charge on any atom is -0.294 e. The molecule has 0 saturated heterocycles. The topological polar surface area (TPSA) is 30.2 Å². The Bertz CT molecular complexity index is 595. The van der Waals surface area contributed by atoms with E-state index < -0.39 is 0 Å². The van der Waals surface area contributed by atoms with E-state index in [-0.39, 0.29) is 0 Å². The summed E-state index contributed by atoms with van der Waals surface area (Å²) >= 11 is 1.66. The van der Waals surface area contributed by atoms with Gasteiger partial charge in [0.2, 0.25) is 0 Å². The number of rotatable bonds is 1. The summed E-state index contributed by atoms with van der Waals surface area (Å²) < 4.78 is 2.10. The van der Waals surface area contributed by atoms with Gasteiger partial charge in [0, 0.05) is 35.2 Å². The molecule has 74 valence electrons. The first-order valence-corrected chi connectivity index (χ1v) is 5.56. The highest BCUT2D eigenvalue weighted by Crippen LogP contribution is 2.22. The molecule has 3 aromatic heterocycles. The first-order chi connectivity index (χ1) is 7.34. The fourth-order valence-electron chi connectivity index (χ4n) is 1.55. The molecule has 15 heavy (non-hydrogen) atoms. The van der Waals surface area contributed by atoms with Crippen LogP contribution in [0.15, 0.2) is 36.1 Å². The van der Waals surface area contributed by atoms with Crippen molar-refractivity contribution in [2.75, 3.05) is 0 Å². The zero-order valence-electron chi connectivity index (χ0n) is 8.21. The Morgan fingerprint density at radius 1 is 1.40 bits per heavy atom. The standard InChI is InChI=1S/C11H9N3S/c1-8-7-15-11-13-10(6-14(8)11)9-3-2-4-12-5-9/h2-7H,1H3. The molecule has 0 aromatic carbocycles. The number of aryl methyl sites for hydroxylation is 1. The number of hydrogen-bond acceptors (Lipinski definition) is 3. The van der Waals surface area contributed by atoms with E-state index in [0.717, 1.165) is 16.2 Å². The molecule has 3 nitrogen and oxygen atoms in total. The molecule has 3 rings (SSSR count). The van der Waals surface area contributed by atoms with Gasteiger partial charge in [0.05, 0.1) is 5.69 Å². The van der Waals surface area contributed by atoms with Crippen LogP contribution in [0.4, 0.5) is 0 Å². The lowest BCUT2D eigenvalue weighted by Crippen LogP contribution is -1.79. The van der Waals surface area contributed by atoms with E-state index >= 15 is 0 Å². The third kappa shape index (κ3) is 1.34. The summed E-state index contributed by atoms with van der Waals surface area (Å²) in [5.41, 5.74) is 3.27. The summed E-state index contributed by atoms with van der Waals surface area (Å²) in [6.07, 6.45) is 5.66. The SMILES string of the molecule is Cc1csc2nc(-c3cccnc3)cn12. The summed E-state index contributed by atoms with van der Waals surface area (Å²) in [5.74, 6) is 0. The lowest BCUT2D eigenvalue weighted by Gasteiger charge is -1.92. The van der Waals surface area contributed by atoms with E-state index in [1.807, 2.05) is 18.3 Å². The van der Waals surface area contributed by atoms with Crippen LogP contribution in [0, 0.1) is 6.92 Å². The van der Waals surface area contributed by atoms with E-state index in [1.165, 1.54) is 5.69 Å². The Morgan fingerprint density at radius 3 is 3.07 bits per heavy atom. The normalized spacial score (nSPS) is 11.0. The Morgan fingerprint density at radius 2 is 2.33 bits per heavy atom. The molecule has 3 heterocycles. The van der Waals surface area contributed by atoms with Crippen LogP contribution in [0.2, 0.25) is 0 Å². The molecule has 0 atom stereocenters. The van der Waals surface area contributed by atoms with Crippen LogP contribution in [0.25, 0.3) is 16.2 Å². The van der Waals surface area contributed by atoms with Gasteiger partial charge in [-0.3, -0.25) is 9.38 Å². The number of imidazole rings is 1. The Hall–Kier alpha value is -1.68. The van der Waals surface area contributed by atoms with Gasteiger partial charge in [-0.15, -0.1) is 11.3 Å². The van der Waals surface area contributed by atoms with Crippen molar-refractivity contribution in [1.29, 1.82) is 0 Å². The second-order valence-corrected chi connectivity index (χ2v) is 4.23. The molecular formula is C11H9N3S. The quantitative estimate of drug-likeness (QED) is 0.624. The van der Waals surface area contributed by atoms with Crippen LogP contribution in [0.5, 0.6) is 0 Å². The predicted octanol–water partition coefficient (Wildman–Crippen LogP) is 2.77. The van der Waals surface area contributed by atoms with Gasteiger partial charge in [0.25, 0.3) is 0 Å². The van der Waals surface area contributed by atoms with Gasteiger partial charge in [-0.2, -0.15) is 0 Å². The lowest BCUT2D eigenvalue weighted by atomic mass is 10.2. The minimum absolute atomic E-state index is 0.984. The zero-order chi connectivity index (χ0) is 10.3. The van der Waals surface area contributed by atoms with Crippen molar-refractivity contribution >= 4 is 16.3 Å². The van der Waals surface area contributed by atoms with Crippen molar-refractivity contribution in [2.24, 2.45) is 0 Å². The molecule has 0 bridgehead atoms. The summed E-state index contributed by atoms with van der Waals surface area (Å²) in [7, 11) is 0. The first kappa shape index (κ1) is 8.61. The maximum absolute atomic E-state index is 4.55. The number of pyridine rings is 1. The van der Waals surface area contributed by atoms with E-state index in [4.69, 9.17) is 0 Å². The first-order valence-electron chi connectivity index (χ1n) is 4.68. The molecule has 0 fully saturated rings. The second kappa shape index (κ2) is 3.17. The Kier molecular flexibility index (Phi) is 1.82. The maximum Gasteiger partial charge on any atom is 0.194 e. The summed E-state index contributed by atoms with van der Waals surface area (Å²) in [5, 5.41) is 2.11. The molecule has 0 saturated carbocycles. The van der Waals surface area contributed by atoms with Gasteiger partial charge >= 0.3 is 0 Å². The van der Waals surface area contributed by atoms with Gasteiger partial charge in [-0.25, -0.2) is 4.98 Å². The summed E-state index contributed by atoms with van der Waals surface area (Å²) in [6.45, 7) is 2.08. The van der Waals surface area contributed by atoms with Crippen LogP contribution >= 0.6 is 11.3 Å². The van der Waals surface area contributed by atoms with Gasteiger partial charge in [-0.05, 0) is 19.1 Å². The van der Waals surface area contributed by atoms with E-state index in [2.05, 4.69) is 32.9 Å². The maximum atomic E-state index is 4.55. The molecule has 3 aromatic rings. The zero-order valence-corrected chi connectivity index (χ0v) is 9.03. The molecule has 0 radical (unpaired) electrons. The van der Waals surface area contributed by atoms with E-state index in [1.54, 1.807) is 17.5 Å². The van der Waals surface area contributed by atoms with Crippen molar-refractivity contribution < 1.29 is 0 Å². The van der Waals surface area contributed by atoms with Crippen molar-refractivity contribution in [3.05, 3.63) is 41.8 Å². The third-order valence-electron chi connectivity index (χ3n) is 2.35. The molecular weight excluding hydrogens is 206 g/mol. The molecule has 0 aliphatic heterocycles. The number of thiazole rings is 1. The molecule has 0 N–H and O–H groups in total. The molecule has 0 aliphatic carbocycles. The monoisotopic (exact) mass is 215 g/mol. The molecule has 4 heteroatoms. The van der Waals surface area contributed by atoms with Crippen molar-refractivity contribution in [3.8, 4) is 11.3 Å². The van der Waals surface area contributed by atoms with Gasteiger partial charge < -0.3 is 0 Å². The van der Waals surface area contributed by atoms with Gasteiger partial charge in [0.1, 0.15) is 0 Å². The Labute approximate surface area is 91.1 Å². The molecule has 0 unspecified atom stereocenters. The molecule has 0 aliphatic rings. The van der Waals surface area contributed by atoms with Crippen LogP contribution in [-0.4, -0.2) is 14.4 Å². The van der Waals surface area contributed by atoms with Crippen LogP contribution in [0.1, 0.15) is 5.69 Å². The van der Waals surface area contributed by atoms with E-state index in [9.17, 15) is 0 Å². The number of fused-ring (bicyclic) bond motifs is 1. The molecule has 0 spiro atoms. The fourth-order valence-corrected chi connectivity index (χ4v) is 2.40. The van der Waals surface area contributed by atoms with Crippen LogP contribution < -0.4 is 0 Å². The number of aromatic nitrogens is 3. The largest absolute Gasteiger partial charge is 0.294 e. The van der Waals surface area contributed by atoms with Crippen molar-refractivity contribution in [3.63, 3.8) is 0 Å². The van der Waals surface area contributed by atoms with Crippen molar-refractivity contribution in [2.45, 2.75) is 6.92 Å². The Balaban J connectivity index is 2.20. The van der Waals surface area contributed by atoms with Gasteiger partial charge in [-0.1, -0.05) is 0 Å². The highest BCUT2D eigenvalue weighted by Gasteiger charge is 2.06.